The molecule has 0 atom stereocenters. The summed E-state index contributed by atoms with van der Waals surface area (Å²) in [6.45, 7) is 0.522. The van der Waals surface area contributed by atoms with Crippen LogP contribution in [0.3, 0.4) is 0 Å². The Bertz CT molecular complexity index is 934. The number of aryl methyl sites for hydroxylation is 1. The van der Waals surface area contributed by atoms with Crippen LogP contribution in [0.5, 0.6) is 0 Å². The van der Waals surface area contributed by atoms with Gasteiger partial charge in [0.15, 0.2) is 0 Å². The maximum absolute atomic E-state index is 12.1. The van der Waals surface area contributed by atoms with E-state index in [1.807, 2.05) is 54.6 Å². The number of aromatic nitrogens is 2. The van der Waals surface area contributed by atoms with Crippen LogP contribution in [0, 0.1) is 0 Å². The summed E-state index contributed by atoms with van der Waals surface area (Å²) in [6.07, 6.45) is 3.84. The molecule has 0 radical (unpaired) electrons. The second-order valence-corrected chi connectivity index (χ2v) is 7.64. The zero-order valence-electron chi connectivity index (χ0n) is 15.5. The molecule has 28 heavy (non-hydrogen) atoms. The second-order valence-electron chi connectivity index (χ2n) is 7.21. The van der Waals surface area contributed by atoms with Crippen molar-refractivity contribution in [1.29, 1.82) is 0 Å². The first-order chi connectivity index (χ1) is 13.7. The minimum atomic E-state index is -0.217. The largest absolute Gasteiger partial charge is 0.424 e. The Morgan fingerprint density at radius 1 is 1.07 bits per heavy atom. The molecule has 6 heteroatoms. The summed E-state index contributed by atoms with van der Waals surface area (Å²) in [5.41, 5.74) is 2.01. The predicted octanol–water partition coefficient (Wildman–Crippen LogP) is 4.44. The molecule has 3 aromatic rings. The van der Waals surface area contributed by atoms with Gasteiger partial charge in [0, 0.05) is 24.4 Å². The molecule has 1 aliphatic rings. The molecule has 0 saturated heterocycles. The number of nitrogens with one attached hydrogen (secondary N) is 1. The minimum Gasteiger partial charge on any atom is -0.424 e. The maximum Gasteiger partial charge on any atom is 0.227 e. The maximum atomic E-state index is 12.1. The quantitative estimate of drug-likeness (QED) is 0.642. The number of carbonyl (C=O) groups excluding carboxylic acids is 1. The molecule has 0 bridgehead atoms. The van der Waals surface area contributed by atoms with Crippen molar-refractivity contribution in [2.45, 2.75) is 44.1 Å². The Labute approximate surface area is 169 Å². The fourth-order valence-corrected chi connectivity index (χ4v) is 3.70. The third kappa shape index (κ3) is 3.94. The molecular formula is C22H22ClN3O2. The molecule has 1 aromatic heterocycles. The summed E-state index contributed by atoms with van der Waals surface area (Å²) in [4.78, 5) is 12.1. The first-order valence-electron chi connectivity index (χ1n) is 9.55. The minimum absolute atomic E-state index is 0.0281. The van der Waals surface area contributed by atoms with E-state index in [0.29, 0.717) is 36.2 Å². The number of hydrogen-bond donors (Lipinski definition) is 1. The highest BCUT2D eigenvalue weighted by Gasteiger charge is 2.45. The molecule has 4 rings (SSSR count). The SMILES string of the molecule is O=C(CCc1nnc(C2(c3ccc(Cl)cc3)CCC2)o1)NCc1ccccc1. The summed E-state index contributed by atoms with van der Waals surface area (Å²) in [7, 11) is 0. The number of hydrogen-bond acceptors (Lipinski definition) is 4. The molecule has 1 aliphatic carbocycles. The molecular weight excluding hydrogens is 374 g/mol. The molecule has 2 aromatic carbocycles. The topological polar surface area (TPSA) is 68.0 Å². The van der Waals surface area contributed by atoms with Crippen LogP contribution in [-0.2, 0) is 23.2 Å². The molecule has 1 heterocycles. The highest BCUT2D eigenvalue weighted by molar-refractivity contribution is 6.30. The van der Waals surface area contributed by atoms with Crippen molar-refractivity contribution in [2.75, 3.05) is 0 Å². The van der Waals surface area contributed by atoms with Crippen molar-refractivity contribution in [3.63, 3.8) is 0 Å². The zero-order chi connectivity index (χ0) is 19.4. The Morgan fingerprint density at radius 2 is 1.82 bits per heavy atom. The van der Waals surface area contributed by atoms with Crippen molar-refractivity contribution >= 4 is 17.5 Å². The lowest BCUT2D eigenvalue weighted by atomic mass is 9.64. The lowest BCUT2D eigenvalue weighted by Gasteiger charge is -2.39. The van der Waals surface area contributed by atoms with Crippen molar-refractivity contribution in [2.24, 2.45) is 0 Å². The fourth-order valence-electron chi connectivity index (χ4n) is 3.58. The lowest BCUT2D eigenvalue weighted by Crippen LogP contribution is -2.35. The molecule has 0 spiro atoms. The van der Waals surface area contributed by atoms with Crippen LogP contribution in [-0.4, -0.2) is 16.1 Å². The number of nitrogens with zero attached hydrogens (tertiary/aromatic N) is 2. The van der Waals surface area contributed by atoms with Crippen LogP contribution in [0.2, 0.25) is 5.02 Å². The monoisotopic (exact) mass is 395 g/mol. The Morgan fingerprint density at radius 3 is 2.50 bits per heavy atom. The van der Waals surface area contributed by atoms with Crippen LogP contribution in [0.1, 0.15) is 48.6 Å². The number of benzene rings is 2. The highest BCUT2D eigenvalue weighted by atomic mass is 35.5. The number of amides is 1. The first-order valence-corrected chi connectivity index (χ1v) is 9.93. The Hall–Kier alpha value is -2.66. The van der Waals surface area contributed by atoms with Gasteiger partial charge in [-0.05, 0) is 36.1 Å². The second kappa shape index (κ2) is 8.15. The molecule has 1 N–H and O–H groups in total. The fraction of sp³-hybridized carbons (Fsp3) is 0.318. The van der Waals surface area contributed by atoms with Crippen LogP contribution in [0.25, 0.3) is 0 Å². The van der Waals surface area contributed by atoms with Crippen molar-refractivity contribution in [3.05, 3.63) is 82.5 Å². The summed E-state index contributed by atoms with van der Waals surface area (Å²) in [5.74, 6) is 1.12. The van der Waals surface area contributed by atoms with E-state index < -0.39 is 0 Å². The molecule has 1 fully saturated rings. The third-order valence-electron chi connectivity index (χ3n) is 5.38. The van der Waals surface area contributed by atoms with Gasteiger partial charge in [-0.3, -0.25) is 4.79 Å². The first kappa shape index (κ1) is 18.7. The average molecular weight is 396 g/mol. The summed E-state index contributed by atoms with van der Waals surface area (Å²) in [6, 6.07) is 17.7. The van der Waals surface area contributed by atoms with Crippen LogP contribution < -0.4 is 5.32 Å². The van der Waals surface area contributed by atoms with E-state index in [1.165, 1.54) is 0 Å². The lowest BCUT2D eigenvalue weighted by molar-refractivity contribution is -0.121. The van der Waals surface area contributed by atoms with E-state index in [9.17, 15) is 4.79 Å². The van der Waals surface area contributed by atoms with Gasteiger partial charge in [0.2, 0.25) is 17.7 Å². The normalized spacial score (nSPS) is 15.0. The predicted molar refractivity (Wildman–Crippen MR) is 107 cm³/mol. The zero-order valence-corrected chi connectivity index (χ0v) is 16.3. The van der Waals surface area contributed by atoms with Gasteiger partial charge in [0.25, 0.3) is 0 Å². The summed E-state index contributed by atoms with van der Waals surface area (Å²) >= 11 is 6.02. The average Bonchev–Trinajstić information content (AvgIpc) is 3.15. The van der Waals surface area contributed by atoms with Gasteiger partial charge in [-0.25, -0.2) is 0 Å². The number of carbonyl (C=O) groups is 1. The van der Waals surface area contributed by atoms with E-state index >= 15 is 0 Å². The van der Waals surface area contributed by atoms with Gasteiger partial charge in [-0.2, -0.15) is 0 Å². The third-order valence-corrected chi connectivity index (χ3v) is 5.63. The van der Waals surface area contributed by atoms with Crippen LogP contribution >= 0.6 is 11.6 Å². The van der Waals surface area contributed by atoms with Crippen molar-refractivity contribution in [1.82, 2.24) is 15.5 Å². The highest BCUT2D eigenvalue weighted by Crippen LogP contribution is 2.48. The molecule has 0 unspecified atom stereocenters. The molecule has 1 amide bonds. The standard InChI is InChI=1S/C22H22ClN3O2/c23-18-9-7-17(8-10-18)22(13-4-14-22)21-26-25-20(28-21)12-11-19(27)24-15-16-5-2-1-3-6-16/h1-3,5-10H,4,11-15H2,(H,24,27). The van der Waals surface area contributed by atoms with E-state index in [2.05, 4.69) is 15.5 Å². The number of halogens is 1. The van der Waals surface area contributed by atoms with Gasteiger partial charge in [0.1, 0.15) is 0 Å². The van der Waals surface area contributed by atoms with Gasteiger partial charge >= 0.3 is 0 Å². The van der Waals surface area contributed by atoms with Gasteiger partial charge in [0.05, 0.1) is 5.41 Å². The van der Waals surface area contributed by atoms with Crippen molar-refractivity contribution < 1.29 is 9.21 Å². The van der Waals surface area contributed by atoms with E-state index in [1.54, 1.807) is 0 Å². The molecule has 144 valence electrons. The Balaban J connectivity index is 1.36. The van der Waals surface area contributed by atoms with Crippen molar-refractivity contribution in [3.8, 4) is 0 Å². The number of rotatable bonds is 7. The summed E-state index contributed by atoms with van der Waals surface area (Å²) in [5, 5.41) is 12.1. The van der Waals surface area contributed by atoms with E-state index in [0.717, 1.165) is 30.4 Å². The van der Waals surface area contributed by atoms with Gasteiger partial charge in [-0.15, -0.1) is 10.2 Å². The molecule has 0 aliphatic heterocycles. The molecule has 5 nitrogen and oxygen atoms in total. The van der Waals surface area contributed by atoms with Crippen LogP contribution in [0.15, 0.2) is 59.0 Å². The summed E-state index contributed by atoms with van der Waals surface area (Å²) < 4.78 is 5.95. The van der Waals surface area contributed by atoms with E-state index in [-0.39, 0.29) is 11.3 Å². The van der Waals surface area contributed by atoms with E-state index in [4.69, 9.17) is 16.0 Å². The van der Waals surface area contributed by atoms with Gasteiger partial charge in [-0.1, -0.05) is 60.5 Å². The smallest absolute Gasteiger partial charge is 0.227 e. The molecule has 1 saturated carbocycles. The van der Waals surface area contributed by atoms with Gasteiger partial charge < -0.3 is 9.73 Å². The van der Waals surface area contributed by atoms with Crippen LogP contribution in [0.4, 0.5) is 0 Å². The Kier molecular flexibility index (Phi) is 5.44.